The summed E-state index contributed by atoms with van der Waals surface area (Å²) in [4.78, 5) is 69.7. The Morgan fingerprint density at radius 3 is 1.14 bits per heavy atom. The molecular formula is C44H54N4O8. The number of methoxy groups -OCH3 is 2. The first-order chi connectivity index (χ1) is 26.0. The number of ether oxygens (including phenoxy) is 4. The second-order valence-electron chi connectivity index (χ2n) is 15.9. The Kier molecular flexibility index (Phi) is 13.2. The Balaban J connectivity index is 1.80. The predicted octanol–water partition coefficient (Wildman–Crippen LogP) is 8.24. The zero-order chi connectivity index (χ0) is 41.9. The third kappa shape index (κ3) is 10.2. The van der Waals surface area contributed by atoms with Crippen molar-refractivity contribution in [2.75, 3.05) is 14.2 Å². The van der Waals surface area contributed by atoms with Crippen molar-refractivity contribution in [2.45, 2.75) is 120 Å². The summed E-state index contributed by atoms with van der Waals surface area (Å²) in [5.74, 6) is -1.69. The average molecular weight is 767 g/mol. The summed E-state index contributed by atoms with van der Waals surface area (Å²) in [7, 11) is 2.71. The van der Waals surface area contributed by atoms with Gasteiger partial charge in [0.15, 0.2) is 11.4 Å². The molecule has 0 aromatic carbocycles. The molecule has 0 amide bonds. The van der Waals surface area contributed by atoms with Crippen molar-refractivity contribution in [3.63, 3.8) is 0 Å². The topological polar surface area (TPSA) is 155 Å². The summed E-state index contributed by atoms with van der Waals surface area (Å²) in [5.41, 5.74) is 9.43. The SMILES string of the molecule is COC(=O)CCC1=C(C)C(/C=C2\N=C(C(=O)OC(C)(C)C)C(C)=C2C)=NC/1=C\C=C1N=C(/C=C2/N=C(C(=O)OC(C)(C)C)C(C)=C2C)C(C)=C/1CCC(=O)OC. The lowest BCUT2D eigenvalue weighted by Crippen LogP contribution is -2.28. The van der Waals surface area contributed by atoms with Crippen LogP contribution in [0.15, 0.2) is 112 Å². The van der Waals surface area contributed by atoms with E-state index in [2.05, 4.69) is 9.98 Å². The zero-order valence-corrected chi connectivity index (χ0v) is 35.2. The number of hydrogen-bond acceptors (Lipinski definition) is 12. The minimum absolute atomic E-state index is 0.146. The summed E-state index contributed by atoms with van der Waals surface area (Å²) in [6.45, 7) is 22.2. The van der Waals surface area contributed by atoms with Gasteiger partial charge in [0.05, 0.1) is 48.4 Å². The quantitative estimate of drug-likeness (QED) is 0.151. The number of carbonyl (C=O) groups excluding carboxylic acids is 4. The molecule has 4 aliphatic heterocycles. The molecule has 0 unspecified atom stereocenters. The number of carbonyl (C=O) groups is 4. The molecule has 0 saturated carbocycles. The first-order valence-electron chi connectivity index (χ1n) is 18.6. The maximum atomic E-state index is 13.0. The van der Waals surface area contributed by atoms with Gasteiger partial charge in [0.1, 0.15) is 11.2 Å². The third-order valence-corrected chi connectivity index (χ3v) is 9.59. The predicted molar refractivity (Wildman–Crippen MR) is 218 cm³/mol. The maximum absolute atomic E-state index is 13.0. The molecule has 56 heavy (non-hydrogen) atoms. The van der Waals surface area contributed by atoms with Crippen LogP contribution in [0.5, 0.6) is 0 Å². The molecular weight excluding hydrogens is 713 g/mol. The summed E-state index contributed by atoms with van der Waals surface area (Å²) in [5, 5.41) is 0. The van der Waals surface area contributed by atoms with E-state index in [1.54, 1.807) is 0 Å². The Morgan fingerprint density at radius 1 is 0.500 bits per heavy atom. The summed E-state index contributed by atoms with van der Waals surface area (Å²) >= 11 is 0. The minimum atomic E-state index is -0.670. The Labute approximate surface area is 330 Å². The molecule has 12 heteroatoms. The average Bonchev–Trinajstić information content (AvgIpc) is 3.77. The van der Waals surface area contributed by atoms with E-state index in [9.17, 15) is 19.2 Å². The van der Waals surface area contributed by atoms with Gasteiger partial charge in [-0.3, -0.25) is 9.59 Å². The fraction of sp³-hybridized carbons (Fsp3) is 0.455. The Morgan fingerprint density at radius 2 is 0.839 bits per heavy atom. The molecule has 0 aromatic rings. The lowest BCUT2D eigenvalue weighted by Gasteiger charge is -2.19. The first kappa shape index (κ1) is 43.2. The molecule has 0 radical (unpaired) electrons. The van der Waals surface area contributed by atoms with E-state index < -0.39 is 23.1 Å². The van der Waals surface area contributed by atoms with E-state index in [0.717, 1.165) is 44.6 Å². The van der Waals surface area contributed by atoms with Gasteiger partial charge in [0.2, 0.25) is 0 Å². The van der Waals surface area contributed by atoms with Gasteiger partial charge in [0.25, 0.3) is 0 Å². The second-order valence-corrected chi connectivity index (χ2v) is 15.9. The van der Waals surface area contributed by atoms with Crippen molar-refractivity contribution in [1.82, 2.24) is 0 Å². The van der Waals surface area contributed by atoms with Crippen LogP contribution in [0.1, 0.15) is 109 Å². The highest BCUT2D eigenvalue weighted by atomic mass is 16.6. The smallest absolute Gasteiger partial charge is 0.357 e. The van der Waals surface area contributed by atoms with Crippen molar-refractivity contribution in [1.29, 1.82) is 0 Å². The summed E-state index contributed by atoms with van der Waals surface area (Å²) < 4.78 is 21.1. The molecule has 0 fully saturated rings. The van der Waals surface area contributed by atoms with E-state index in [4.69, 9.17) is 28.9 Å². The number of hydrogen-bond donors (Lipinski definition) is 0. The molecule has 12 nitrogen and oxygen atoms in total. The number of allylic oxidation sites excluding steroid dienone is 10. The van der Waals surface area contributed by atoms with Crippen molar-refractivity contribution < 1.29 is 38.1 Å². The van der Waals surface area contributed by atoms with Crippen LogP contribution in [0.3, 0.4) is 0 Å². The second kappa shape index (κ2) is 17.1. The van der Waals surface area contributed by atoms with Crippen molar-refractivity contribution in [3.8, 4) is 0 Å². The van der Waals surface area contributed by atoms with E-state index in [1.165, 1.54) is 14.2 Å². The van der Waals surface area contributed by atoms with Crippen molar-refractivity contribution in [2.24, 2.45) is 20.0 Å². The van der Waals surface area contributed by atoms with Crippen LogP contribution < -0.4 is 0 Å². The van der Waals surface area contributed by atoms with Crippen LogP contribution >= 0.6 is 0 Å². The van der Waals surface area contributed by atoms with E-state index in [-0.39, 0.29) is 36.2 Å². The molecule has 0 N–H and O–H groups in total. The lowest BCUT2D eigenvalue weighted by atomic mass is 9.98. The molecule has 4 heterocycles. The van der Waals surface area contributed by atoms with Gasteiger partial charge < -0.3 is 18.9 Å². The fourth-order valence-electron chi connectivity index (χ4n) is 6.17. The lowest BCUT2D eigenvalue weighted by molar-refractivity contribution is -0.147. The highest BCUT2D eigenvalue weighted by Gasteiger charge is 2.31. The van der Waals surface area contributed by atoms with Crippen LogP contribution in [0.4, 0.5) is 0 Å². The maximum Gasteiger partial charge on any atom is 0.357 e. The van der Waals surface area contributed by atoms with Gasteiger partial charge in [-0.15, -0.1) is 0 Å². The summed E-state index contributed by atoms with van der Waals surface area (Å²) in [6.07, 6.45) is 8.42. The molecule has 298 valence electrons. The number of rotatable bonds is 11. The number of esters is 4. The van der Waals surface area contributed by atoms with E-state index in [0.29, 0.717) is 47.1 Å². The van der Waals surface area contributed by atoms with Crippen LogP contribution in [0.25, 0.3) is 0 Å². The third-order valence-electron chi connectivity index (χ3n) is 9.59. The standard InChI is InChI=1S/C44H54N4O8/c1-23-25(3)39(41(51)55-43(7,8)9)47-33(23)21-35-27(5)29(15-19-37(49)53-13)31(45-35)17-18-32-30(16-20-38(50)54-14)28(6)36(46-32)22-34-24(2)26(4)40(48-34)42(52)56-44(10,11)12/h17-18,21-22H,15-16,19-20H2,1-14H3/b31-17-,32-18-,33-21-,34-22+. The normalized spacial score (nSPS) is 20.5. The number of aliphatic imine (C=N–C) groups is 4. The highest BCUT2D eigenvalue weighted by Crippen LogP contribution is 2.36. The number of nitrogens with zero attached hydrogens (tertiary/aromatic N) is 4. The molecule has 0 saturated heterocycles. The van der Waals surface area contributed by atoms with Crippen LogP contribution in [0.2, 0.25) is 0 Å². The van der Waals surface area contributed by atoms with Gasteiger partial charge in [-0.1, -0.05) is 0 Å². The molecule has 0 spiro atoms. The van der Waals surface area contributed by atoms with Gasteiger partial charge in [-0.25, -0.2) is 29.6 Å². The van der Waals surface area contributed by atoms with Gasteiger partial charge >= 0.3 is 23.9 Å². The molecule has 0 aliphatic carbocycles. The van der Waals surface area contributed by atoms with Crippen molar-refractivity contribution >= 4 is 46.7 Å². The van der Waals surface area contributed by atoms with Gasteiger partial charge in [0, 0.05) is 12.8 Å². The fourth-order valence-corrected chi connectivity index (χ4v) is 6.17. The highest BCUT2D eigenvalue weighted by molar-refractivity contribution is 6.45. The van der Waals surface area contributed by atoms with Crippen LogP contribution in [-0.4, -0.2) is 72.1 Å². The minimum Gasteiger partial charge on any atom is -0.469 e. The molecule has 0 aromatic heterocycles. The van der Waals surface area contributed by atoms with Gasteiger partial charge in [-0.05, 0) is 165 Å². The monoisotopic (exact) mass is 766 g/mol. The first-order valence-corrected chi connectivity index (χ1v) is 18.6. The van der Waals surface area contributed by atoms with Gasteiger partial charge in [-0.2, -0.15) is 0 Å². The van der Waals surface area contributed by atoms with E-state index in [1.807, 2.05) is 107 Å². The van der Waals surface area contributed by atoms with Crippen molar-refractivity contribution in [3.05, 3.63) is 91.7 Å². The molecule has 0 atom stereocenters. The van der Waals surface area contributed by atoms with Crippen LogP contribution in [-0.2, 0) is 38.1 Å². The summed E-state index contributed by atoms with van der Waals surface area (Å²) in [6, 6.07) is 0. The Bertz CT molecular complexity index is 1990. The van der Waals surface area contributed by atoms with Crippen LogP contribution in [0, 0.1) is 0 Å². The molecule has 0 bridgehead atoms. The molecule has 4 rings (SSSR count). The largest absolute Gasteiger partial charge is 0.469 e. The molecule has 4 aliphatic rings. The van der Waals surface area contributed by atoms with E-state index >= 15 is 0 Å². The Hall–Kier alpha value is -5.52. The zero-order valence-electron chi connectivity index (χ0n) is 35.2.